The minimum atomic E-state index is 0.395. The Hall–Kier alpha value is -1.15. The molecular formula is C13H17NO. The average molecular weight is 203 g/mol. The number of likely N-dealkylation sites (tertiary alicyclic amines) is 1. The van der Waals surface area contributed by atoms with Gasteiger partial charge in [0.05, 0.1) is 0 Å². The average Bonchev–Trinajstić information content (AvgIpc) is 2.24. The molecule has 1 fully saturated rings. The molecule has 0 amide bonds. The molecule has 80 valence electrons. The zero-order chi connectivity index (χ0) is 10.7. The van der Waals surface area contributed by atoms with Crippen molar-refractivity contribution >= 4 is 5.78 Å². The van der Waals surface area contributed by atoms with Crippen LogP contribution in [0.1, 0.15) is 25.3 Å². The van der Waals surface area contributed by atoms with Crippen LogP contribution in [-0.4, -0.2) is 23.3 Å². The lowest BCUT2D eigenvalue weighted by Crippen LogP contribution is -2.40. The van der Waals surface area contributed by atoms with Crippen LogP contribution in [0, 0.1) is 0 Å². The third-order valence-electron chi connectivity index (χ3n) is 3.05. The van der Waals surface area contributed by atoms with E-state index in [0.717, 1.165) is 19.5 Å². The van der Waals surface area contributed by atoms with Crippen LogP contribution in [0.4, 0.5) is 0 Å². The van der Waals surface area contributed by atoms with Gasteiger partial charge < -0.3 is 0 Å². The largest absolute Gasteiger partial charge is 0.300 e. The Morgan fingerprint density at radius 1 is 1.33 bits per heavy atom. The molecule has 1 aromatic rings. The molecule has 0 unspecified atom stereocenters. The maximum Gasteiger partial charge on any atom is 0.135 e. The lowest BCUT2D eigenvalue weighted by atomic mass is 10.0. The minimum Gasteiger partial charge on any atom is -0.300 e. The Morgan fingerprint density at radius 2 is 2.07 bits per heavy atom. The van der Waals surface area contributed by atoms with E-state index in [2.05, 4.69) is 36.1 Å². The molecule has 0 saturated carbocycles. The highest BCUT2D eigenvalue weighted by molar-refractivity contribution is 5.79. The summed E-state index contributed by atoms with van der Waals surface area (Å²) in [6, 6.07) is 10.8. The van der Waals surface area contributed by atoms with E-state index in [4.69, 9.17) is 0 Å². The number of carbonyl (C=O) groups excluding carboxylic acids is 1. The van der Waals surface area contributed by atoms with Crippen molar-refractivity contribution in [3.8, 4) is 0 Å². The van der Waals surface area contributed by atoms with Gasteiger partial charge in [0.1, 0.15) is 5.78 Å². The van der Waals surface area contributed by atoms with Crippen molar-refractivity contribution in [3.05, 3.63) is 35.9 Å². The second kappa shape index (κ2) is 4.58. The van der Waals surface area contributed by atoms with Gasteiger partial charge in [0.2, 0.25) is 0 Å². The molecule has 1 heterocycles. The van der Waals surface area contributed by atoms with Gasteiger partial charge >= 0.3 is 0 Å². The summed E-state index contributed by atoms with van der Waals surface area (Å²) in [7, 11) is 0. The molecule has 1 aliphatic heterocycles. The van der Waals surface area contributed by atoms with Crippen molar-refractivity contribution in [1.29, 1.82) is 0 Å². The molecule has 0 aromatic heterocycles. The summed E-state index contributed by atoms with van der Waals surface area (Å²) in [4.78, 5) is 13.6. The van der Waals surface area contributed by atoms with Crippen molar-refractivity contribution < 1.29 is 4.79 Å². The Kier molecular flexibility index (Phi) is 3.17. The van der Waals surface area contributed by atoms with Crippen LogP contribution in [0.2, 0.25) is 0 Å². The molecule has 0 aliphatic carbocycles. The molecule has 2 heteroatoms. The number of hydrogen-bond donors (Lipinski definition) is 0. The Bertz CT molecular complexity index is 334. The topological polar surface area (TPSA) is 20.3 Å². The molecule has 0 spiro atoms. The van der Waals surface area contributed by atoms with Crippen LogP contribution in [0.25, 0.3) is 0 Å². The predicted octanol–water partition coefficient (Wildman–Crippen LogP) is 2.24. The highest BCUT2D eigenvalue weighted by Gasteiger charge is 2.22. The second-order valence-corrected chi connectivity index (χ2v) is 4.30. The third-order valence-corrected chi connectivity index (χ3v) is 3.05. The van der Waals surface area contributed by atoms with Gasteiger partial charge in [0, 0.05) is 32.0 Å². The lowest BCUT2D eigenvalue weighted by molar-refractivity contribution is -0.123. The van der Waals surface area contributed by atoms with Crippen molar-refractivity contribution in [3.63, 3.8) is 0 Å². The highest BCUT2D eigenvalue weighted by Crippen LogP contribution is 2.16. The van der Waals surface area contributed by atoms with E-state index in [1.54, 1.807) is 0 Å². The molecule has 15 heavy (non-hydrogen) atoms. The van der Waals surface area contributed by atoms with Crippen molar-refractivity contribution in [2.45, 2.75) is 32.4 Å². The van der Waals surface area contributed by atoms with Gasteiger partial charge in [0.15, 0.2) is 0 Å². The fourth-order valence-electron chi connectivity index (χ4n) is 2.10. The fourth-order valence-corrected chi connectivity index (χ4v) is 2.10. The SMILES string of the molecule is C[C@H]1CC(=O)CCN1Cc1ccccc1. The van der Waals surface area contributed by atoms with Crippen LogP contribution in [-0.2, 0) is 11.3 Å². The molecule has 1 saturated heterocycles. The van der Waals surface area contributed by atoms with Gasteiger partial charge in [-0.1, -0.05) is 30.3 Å². The highest BCUT2D eigenvalue weighted by atomic mass is 16.1. The predicted molar refractivity (Wildman–Crippen MR) is 60.6 cm³/mol. The van der Waals surface area contributed by atoms with Gasteiger partial charge in [0.25, 0.3) is 0 Å². The van der Waals surface area contributed by atoms with Crippen LogP contribution in [0.15, 0.2) is 30.3 Å². The number of Topliss-reactive ketones (excluding diaryl/α,β-unsaturated/α-hetero) is 1. The summed E-state index contributed by atoms with van der Waals surface area (Å²) in [5.41, 5.74) is 1.33. The summed E-state index contributed by atoms with van der Waals surface area (Å²) >= 11 is 0. The summed E-state index contributed by atoms with van der Waals surface area (Å²) in [6.45, 7) is 4.02. The quantitative estimate of drug-likeness (QED) is 0.734. The maximum atomic E-state index is 11.2. The molecule has 2 nitrogen and oxygen atoms in total. The zero-order valence-electron chi connectivity index (χ0n) is 9.15. The lowest BCUT2D eigenvalue weighted by Gasteiger charge is -2.32. The van der Waals surface area contributed by atoms with Gasteiger partial charge in [-0.3, -0.25) is 9.69 Å². The summed E-state index contributed by atoms with van der Waals surface area (Å²) < 4.78 is 0. The van der Waals surface area contributed by atoms with Crippen molar-refractivity contribution in [1.82, 2.24) is 4.90 Å². The van der Waals surface area contributed by atoms with Gasteiger partial charge in [-0.05, 0) is 12.5 Å². The number of rotatable bonds is 2. The van der Waals surface area contributed by atoms with E-state index >= 15 is 0 Å². The second-order valence-electron chi connectivity index (χ2n) is 4.30. The van der Waals surface area contributed by atoms with Crippen LogP contribution in [0.5, 0.6) is 0 Å². The standard InChI is InChI=1S/C13H17NO/c1-11-9-13(15)7-8-14(11)10-12-5-3-2-4-6-12/h2-6,11H,7-10H2,1H3/t11-/m0/s1. The molecular weight excluding hydrogens is 186 g/mol. The van der Waals surface area contributed by atoms with Crippen LogP contribution in [0.3, 0.4) is 0 Å². The van der Waals surface area contributed by atoms with Gasteiger partial charge in [-0.15, -0.1) is 0 Å². The molecule has 1 atom stereocenters. The third kappa shape index (κ3) is 2.66. The summed E-state index contributed by atoms with van der Waals surface area (Å²) in [5, 5.41) is 0. The normalized spacial score (nSPS) is 23.0. The van der Waals surface area contributed by atoms with Crippen molar-refractivity contribution in [2.75, 3.05) is 6.54 Å². The van der Waals surface area contributed by atoms with Crippen LogP contribution < -0.4 is 0 Å². The van der Waals surface area contributed by atoms with E-state index in [1.165, 1.54) is 5.56 Å². The summed E-state index contributed by atoms with van der Waals surface area (Å²) in [5.74, 6) is 0.409. The molecule has 0 N–H and O–H groups in total. The van der Waals surface area contributed by atoms with E-state index in [-0.39, 0.29) is 0 Å². The molecule has 1 aliphatic rings. The Morgan fingerprint density at radius 3 is 2.73 bits per heavy atom. The Labute approximate surface area is 90.9 Å². The zero-order valence-corrected chi connectivity index (χ0v) is 9.15. The van der Waals surface area contributed by atoms with Crippen molar-refractivity contribution in [2.24, 2.45) is 0 Å². The van der Waals surface area contributed by atoms with Gasteiger partial charge in [-0.25, -0.2) is 0 Å². The number of piperidine rings is 1. The van der Waals surface area contributed by atoms with Gasteiger partial charge in [-0.2, -0.15) is 0 Å². The van der Waals surface area contributed by atoms with E-state index in [1.807, 2.05) is 6.07 Å². The maximum absolute atomic E-state index is 11.2. The molecule has 1 aromatic carbocycles. The first-order chi connectivity index (χ1) is 7.25. The first kappa shape index (κ1) is 10.4. The van der Waals surface area contributed by atoms with E-state index in [0.29, 0.717) is 18.2 Å². The monoisotopic (exact) mass is 203 g/mol. The number of nitrogens with zero attached hydrogens (tertiary/aromatic N) is 1. The minimum absolute atomic E-state index is 0.395. The first-order valence-electron chi connectivity index (χ1n) is 5.55. The fraction of sp³-hybridized carbons (Fsp3) is 0.462. The molecule has 0 radical (unpaired) electrons. The number of benzene rings is 1. The number of ketones is 1. The first-order valence-corrected chi connectivity index (χ1v) is 5.55. The van der Waals surface area contributed by atoms with E-state index in [9.17, 15) is 4.79 Å². The van der Waals surface area contributed by atoms with E-state index < -0.39 is 0 Å². The number of hydrogen-bond acceptors (Lipinski definition) is 2. The Balaban J connectivity index is 1.98. The number of carbonyl (C=O) groups is 1. The molecule has 0 bridgehead atoms. The summed E-state index contributed by atoms with van der Waals surface area (Å²) in [6.07, 6.45) is 1.43. The van der Waals surface area contributed by atoms with Crippen LogP contribution >= 0.6 is 0 Å². The molecule has 2 rings (SSSR count). The smallest absolute Gasteiger partial charge is 0.135 e.